The second-order valence-corrected chi connectivity index (χ2v) is 7.16. The van der Waals surface area contributed by atoms with Crippen LogP contribution in [0.1, 0.15) is 31.2 Å². The number of carbonyl (C=O) groups is 1. The molecule has 1 aliphatic carbocycles. The van der Waals surface area contributed by atoms with Crippen LogP contribution in [-0.4, -0.2) is 11.0 Å². The smallest absolute Gasteiger partial charge is 0.308 e. The summed E-state index contributed by atoms with van der Waals surface area (Å²) in [5, 5.41) is 18.2. The van der Waals surface area contributed by atoms with Crippen molar-refractivity contribution in [3.05, 3.63) is 78.5 Å². The van der Waals surface area contributed by atoms with E-state index in [2.05, 4.69) is 15.6 Å². The molecule has 0 bridgehead atoms. The Bertz CT molecular complexity index is 932. The van der Waals surface area contributed by atoms with E-state index < -0.39 is 5.60 Å². The van der Waals surface area contributed by atoms with Gasteiger partial charge in [-0.3, -0.25) is 5.32 Å². The highest BCUT2D eigenvalue weighted by atomic mass is 16.3. The molecule has 4 rings (SSSR count). The van der Waals surface area contributed by atoms with Gasteiger partial charge in [0.2, 0.25) is 0 Å². The van der Waals surface area contributed by atoms with Crippen molar-refractivity contribution < 1.29 is 9.90 Å². The van der Waals surface area contributed by atoms with E-state index in [9.17, 15) is 9.90 Å². The van der Waals surface area contributed by atoms with E-state index in [-0.39, 0.29) is 6.03 Å². The Morgan fingerprint density at radius 3 is 2.14 bits per heavy atom. The number of rotatable bonds is 4. The van der Waals surface area contributed by atoms with Gasteiger partial charge in [0, 0.05) is 17.4 Å². The predicted molar refractivity (Wildman–Crippen MR) is 110 cm³/mol. The van der Waals surface area contributed by atoms with Gasteiger partial charge in [0.25, 0.3) is 0 Å². The van der Waals surface area contributed by atoms with Crippen LogP contribution in [0.2, 0.25) is 0 Å². The van der Waals surface area contributed by atoms with Crippen molar-refractivity contribution >= 4 is 17.5 Å². The van der Waals surface area contributed by atoms with Crippen LogP contribution in [0.25, 0.3) is 11.1 Å². The maximum atomic E-state index is 12.8. The molecule has 5 nitrogen and oxygen atoms in total. The molecular formula is C23H22N3O2. The molecule has 0 saturated heterocycles. The van der Waals surface area contributed by atoms with Gasteiger partial charge in [0.15, 0.2) is 0 Å². The van der Waals surface area contributed by atoms with Crippen molar-refractivity contribution in [1.29, 1.82) is 0 Å². The zero-order valence-corrected chi connectivity index (χ0v) is 15.5. The number of benzene rings is 2. The first kappa shape index (κ1) is 18.2. The number of nitrogens with one attached hydrogen (secondary N) is 2. The minimum Gasteiger partial charge on any atom is -0.308 e. The van der Waals surface area contributed by atoms with E-state index in [1.807, 2.05) is 60.7 Å². The van der Waals surface area contributed by atoms with Crippen LogP contribution in [0.4, 0.5) is 16.3 Å². The van der Waals surface area contributed by atoms with Crippen molar-refractivity contribution in [2.45, 2.75) is 31.3 Å². The van der Waals surface area contributed by atoms with Crippen LogP contribution in [0.5, 0.6) is 0 Å². The molecule has 0 unspecified atom stereocenters. The molecule has 1 fully saturated rings. The zero-order valence-electron chi connectivity index (χ0n) is 15.5. The van der Waals surface area contributed by atoms with Gasteiger partial charge in [-0.2, -0.15) is 0 Å². The minimum absolute atomic E-state index is 0.340. The molecule has 1 radical (unpaired) electrons. The molecule has 0 spiro atoms. The van der Waals surface area contributed by atoms with Gasteiger partial charge < -0.3 is 5.32 Å². The summed E-state index contributed by atoms with van der Waals surface area (Å²) >= 11 is 0. The van der Waals surface area contributed by atoms with Gasteiger partial charge in [-0.1, -0.05) is 42.5 Å². The molecule has 2 N–H and O–H groups in total. The fourth-order valence-electron chi connectivity index (χ4n) is 3.64. The fraction of sp³-hybridized carbons (Fsp3) is 0.217. The summed E-state index contributed by atoms with van der Waals surface area (Å²) in [6, 6.07) is 20.4. The van der Waals surface area contributed by atoms with E-state index in [1.54, 1.807) is 12.3 Å². The van der Waals surface area contributed by atoms with Crippen molar-refractivity contribution in [1.82, 2.24) is 4.98 Å². The summed E-state index contributed by atoms with van der Waals surface area (Å²) in [6.45, 7) is 0. The van der Waals surface area contributed by atoms with E-state index in [4.69, 9.17) is 0 Å². The van der Waals surface area contributed by atoms with Crippen molar-refractivity contribution in [3.8, 4) is 11.1 Å². The lowest BCUT2D eigenvalue weighted by molar-refractivity contribution is -0.0288. The van der Waals surface area contributed by atoms with Gasteiger partial charge in [-0.15, -0.1) is 0 Å². The first-order chi connectivity index (χ1) is 13.6. The van der Waals surface area contributed by atoms with Crippen molar-refractivity contribution in [3.63, 3.8) is 0 Å². The van der Waals surface area contributed by atoms with Crippen LogP contribution in [-0.2, 0) is 10.7 Å². The molecule has 1 heterocycles. The Balaban J connectivity index is 1.41. The summed E-state index contributed by atoms with van der Waals surface area (Å²) in [5.41, 5.74) is 2.61. The molecule has 0 atom stereocenters. The van der Waals surface area contributed by atoms with E-state index >= 15 is 0 Å². The topological polar surface area (TPSA) is 73.9 Å². The largest absolute Gasteiger partial charge is 0.324 e. The lowest BCUT2D eigenvalue weighted by Gasteiger charge is -2.19. The van der Waals surface area contributed by atoms with Gasteiger partial charge in [0.05, 0.1) is 0 Å². The van der Waals surface area contributed by atoms with E-state index in [1.165, 1.54) is 0 Å². The van der Waals surface area contributed by atoms with Gasteiger partial charge in [-0.05, 0) is 61.1 Å². The number of urea groups is 1. The van der Waals surface area contributed by atoms with Crippen LogP contribution in [0.3, 0.4) is 0 Å². The quantitative estimate of drug-likeness (QED) is 0.626. The monoisotopic (exact) mass is 372 g/mol. The third-order valence-corrected chi connectivity index (χ3v) is 5.19. The third kappa shape index (κ3) is 4.05. The van der Waals surface area contributed by atoms with Crippen LogP contribution in [0.15, 0.2) is 72.9 Å². The highest BCUT2D eigenvalue weighted by molar-refractivity contribution is 5.99. The standard InChI is InChI=1S/C23H22N3O2/c27-22(25-20-6-2-1-3-7-20)26-21-13-10-18(16-24-21)17-8-11-19(12-9-17)23(28)14-4-5-15-23/h1-3,6-13,16H,4-5,14-15H2,(H2,24,25,26,27). The Morgan fingerprint density at radius 1 is 0.821 bits per heavy atom. The number of amides is 2. The van der Waals surface area contributed by atoms with E-state index in [0.29, 0.717) is 5.82 Å². The average molecular weight is 372 g/mol. The fourth-order valence-corrected chi connectivity index (χ4v) is 3.64. The maximum Gasteiger partial charge on any atom is 0.324 e. The molecule has 2 aromatic carbocycles. The molecule has 141 valence electrons. The van der Waals surface area contributed by atoms with E-state index in [0.717, 1.165) is 48.1 Å². The second-order valence-electron chi connectivity index (χ2n) is 7.16. The summed E-state index contributed by atoms with van der Waals surface area (Å²) in [7, 11) is 0. The van der Waals surface area contributed by atoms with Crippen LogP contribution < -0.4 is 10.6 Å². The molecule has 28 heavy (non-hydrogen) atoms. The lowest BCUT2D eigenvalue weighted by Crippen LogP contribution is -2.19. The van der Waals surface area contributed by atoms with Crippen molar-refractivity contribution in [2.24, 2.45) is 0 Å². The maximum absolute atomic E-state index is 12.8. The van der Waals surface area contributed by atoms with Crippen molar-refractivity contribution in [2.75, 3.05) is 10.6 Å². The molecule has 3 aromatic rings. The predicted octanol–water partition coefficient (Wildman–Crippen LogP) is 5.59. The number of pyridine rings is 1. The normalized spacial score (nSPS) is 15.2. The first-order valence-electron chi connectivity index (χ1n) is 9.53. The Kier molecular flexibility index (Phi) is 5.08. The Labute approximate surface area is 164 Å². The average Bonchev–Trinajstić information content (AvgIpc) is 3.17. The second kappa shape index (κ2) is 7.82. The molecule has 2 amide bonds. The van der Waals surface area contributed by atoms with Crippen LogP contribution in [0, 0.1) is 0 Å². The lowest BCUT2D eigenvalue weighted by atomic mass is 9.91. The first-order valence-corrected chi connectivity index (χ1v) is 9.53. The highest BCUT2D eigenvalue weighted by Crippen LogP contribution is 2.39. The highest BCUT2D eigenvalue weighted by Gasteiger charge is 2.34. The number of carbonyl (C=O) groups excluding carboxylic acids is 1. The number of hydrogen-bond acceptors (Lipinski definition) is 2. The molecule has 1 aromatic heterocycles. The number of aromatic nitrogens is 1. The summed E-state index contributed by atoms with van der Waals surface area (Å²) < 4.78 is 0. The number of para-hydroxylation sites is 1. The summed E-state index contributed by atoms with van der Waals surface area (Å²) in [6.07, 6.45) is 5.19. The Morgan fingerprint density at radius 2 is 1.50 bits per heavy atom. The molecule has 5 heteroatoms. The molecular weight excluding hydrogens is 350 g/mol. The molecule has 1 saturated carbocycles. The number of hydrogen-bond donors (Lipinski definition) is 2. The number of nitrogens with zero attached hydrogens (tertiary/aromatic N) is 1. The van der Waals surface area contributed by atoms with Gasteiger partial charge in [0.1, 0.15) is 11.4 Å². The number of anilines is 2. The van der Waals surface area contributed by atoms with Crippen LogP contribution >= 0.6 is 0 Å². The third-order valence-electron chi connectivity index (χ3n) is 5.19. The van der Waals surface area contributed by atoms with Gasteiger partial charge in [-0.25, -0.2) is 14.9 Å². The Hall–Kier alpha value is -3.18. The summed E-state index contributed by atoms with van der Waals surface area (Å²) in [5.74, 6) is 0.471. The zero-order chi connectivity index (χ0) is 19.4. The van der Waals surface area contributed by atoms with Gasteiger partial charge >= 0.3 is 6.03 Å². The molecule has 1 aliphatic rings. The SMILES string of the molecule is [O]C1(c2ccc(-c3ccc(NC(=O)Nc4ccccc4)nc3)cc2)CCCC1. The summed E-state index contributed by atoms with van der Waals surface area (Å²) in [4.78, 5) is 16.4. The minimum atomic E-state index is -0.920. The molecule has 0 aliphatic heterocycles.